The van der Waals surface area contributed by atoms with Crippen molar-refractivity contribution >= 4 is 16.9 Å². The van der Waals surface area contributed by atoms with Crippen LogP contribution in [0.25, 0.3) is 10.9 Å². The summed E-state index contributed by atoms with van der Waals surface area (Å²) in [6.45, 7) is 0.962. The lowest BCUT2D eigenvalue weighted by Crippen LogP contribution is -2.22. The summed E-state index contributed by atoms with van der Waals surface area (Å²) in [6, 6.07) is 17.1. The molecule has 0 aliphatic rings. The van der Waals surface area contributed by atoms with Gasteiger partial charge in [-0.25, -0.2) is 9.97 Å². The third kappa shape index (κ3) is 4.40. The number of esters is 1. The number of carbonyl (C=O) groups is 1. The molecule has 0 amide bonds. The quantitative estimate of drug-likeness (QED) is 0.455. The Hall–Kier alpha value is -3.74. The van der Waals surface area contributed by atoms with E-state index in [4.69, 9.17) is 4.74 Å². The number of hydrogen-bond donors (Lipinski definition) is 0. The number of aryl methyl sites for hydroxylation is 1. The van der Waals surface area contributed by atoms with Crippen LogP contribution in [0, 0.1) is 0 Å². The number of imidazole rings is 1. The van der Waals surface area contributed by atoms with Gasteiger partial charge in [0.15, 0.2) is 0 Å². The van der Waals surface area contributed by atoms with E-state index in [2.05, 4.69) is 9.97 Å². The van der Waals surface area contributed by atoms with Crippen molar-refractivity contribution in [2.24, 2.45) is 0 Å². The lowest BCUT2D eigenvalue weighted by Gasteiger charge is -2.09. The minimum Gasteiger partial charge on any atom is -0.457 e. The molecule has 0 unspecified atom stereocenters. The smallest absolute Gasteiger partial charge is 0.308 e. The Labute approximate surface area is 167 Å². The summed E-state index contributed by atoms with van der Waals surface area (Å²) in [7, 11) is 0. The van der Waals surface area contributed by atoms with Crippen LogP contribution in [-0.4, -0.2) is 25.1 Å². The van der Waals surface area contributed by atoms with Gasteiger partial charge in [0.1, 0.15) is 12.4 Å². The van der Waals surface area contributed by atoms with E-state index < -0.39 is 0 Å². The zero-order valence-corrected chi connectivity index (χ0v) is 15.8. The van der Waals surface area contributed by atoms with E-state index in [0.29, 0.717) is 23.3 Å². The van der Waals surface area contributed by atoms with Crippen LogP contribution >= 0.6 is 0 Å². The maximum absolute atomic E-state index is 12.5. The second-order valence-corrected chi connectivity index (χ2v) is 6.63. The van der Waals surface area contributed by atoms with Gasteiger partial charge in [0.2, 0.25) is 0 Å². The van der Waals surface area contributed by atoms with E-state index in [1.807, 2.05) is 47.2 Å². The Morgan fingerprint density at radius 3 is 2.62 bits per heavy atom. The first-order chi connectivity index (χ1) is 14.2. The number of hydrogen-bond acceptors (Lipinski definition) is 5. The van der Waals surface area contributed by atoms with Crippen molar-refractivity contribution in [3.05, 3.63) is 95.1 Å². The Balaban J connectivity index is 1.34. The summed E-state index contributed by atoms with van der Waals surface area (Å²) in [6.07, 6.45) is 5.09. The second kappa shape index (κ2) is 8.52. The average Bonchev–Trinajstić information content (AvgIpc) is 3.19. The van der Waals surface area contributed by atoms with Crippen molar-refractivity contribution in [3.8, 4) is 0 Å². The summed E-state index contributed by atoms with van der Waals surface area (Å²) < 4.78 is 8.73. The molecule has 0 saturated heterocycles. The van der Waals surface area contributed by atoms with Gasteiger partial charge >= 0.3 is 5.97 Å². The Kier molecular flexibility index (Phi) is 5.47. The van der Waals surface area contributed by atoms with Gasteiger partial charge in [-0.15, -0.1) is 0 Å². The molecule has 2 aromatic heterocycles. The summed E-state index contributed by atoms with van der Waals surface area (Å²) in [5.74, 6) is 0.283. The largest absolute Gasteiger partial charge is 0.457 e. The third-order valence-corrected chi connectivity index (χ3v) is 4.65. The molecule has 29 heavy (non-hydrogen) atoms. The summed E-state index contributed by atoms with van der Waals surface area (Å²) in [4.78, 5) is 33.1. The molecule has 0 saturated carbocycles. The summed E-state index contributed by atoms with van der Waals surface area (Å²) in [5.41, 5.74) is 1.62. The normalized spacial score (nSPS) is 10.9. The van der Waals surface area contributed by atoms with Crippen LogP contribution in [-0.2, 0) is 29.2 Å². The fourth-order valence-electron chi connectivity index (χ4n) is 3.10. The molecule has 0 radical (unpaired) electrons. The number of fused-ring (bicyclic) bond motifs is 1. The topological polar surface area (TPSA) is 79.0 Å². The number of para-hydroxylation sites is 1. The average molecular weight is 388 g/mol. The predicted octanol–water partition coefficient (Wildman–Crippen LogP) is 2.77. The van der Waals surface area contributed by atoms with Gasteiger partial charge in [-0.1, -0.05) is 42.5 Å². The van der Waals surface area contributed by atoms with Crippen LogP contribution in [0.2, 0.25) is 0 Å². The van der Waals surface area contributed by atoms with Crippen molar-refractivity contribution in [2.75, 3.05) is 0 Å². The van der Waals surface area contributed by atoms with Crippen molar-refractivity contribution in [1.29, 1.82) is 0 Å². The summed E-state index contributed by atoms with van der Waals surface area (Å²) in [5, 5.41) is 0.534. The molecule has 7 heteroatoms. The van der Waals surface area contributed by atoms with Crippen molar-refractivity contribution in [3.63, 3.8) is 0 Å². The molecule has 0 aliphatic heterocycles. The molecular weight excluding hydrogens is 368 g/mol. The Morgan fingerprint density at radius 1 is 0.966 bits per heavy atom. The Bertz CT molecular complexity index is 1180. The fraction of sp³-hybridized carbons (Fsp3) is 0.182. The first-order valence-electron chi connectivity index (χ1n) is 9.34. The molecule has 0 fully saturated rings. The molecule has 146 valence electrons. The molecule has 7 nitrogen and oxygen atoms in total. The van der Waals surface area contributed by atoms with E-state index >= 15 is 0 Å². The minimum absolute atomic E-state index is 0.0827. The monoisotopic (exact) mass is 388 g/mol. The molecule has 4 aromatic rings. The highest BCUT2D eigenvalue weighted by atomic mass is 16.5. The van der Waals surface area contributed by atoms with Gasteiger partial charge in [-0.2, -0.15) is 0 Å². The zero-order chi connectivity index (χ0) is 20.1. The number of nitrogens with zero attached hydrogens (tertiary/aromatic N) is 4. The second-order valence-electron chi connectivity index (χ2n) is 6.63. The van der Waals surface area contributed by atoms with Crippen molar-refractivity contribution < 1.29 is 9.53 Å². The van der Waals surface area contributed by atoms with Gasteiger partial charge in [-0.05, 0) is 17.7 Å². The van der Waals surface area contributed by atoms with Crippen molar-refractivity contribution in [2.45, 2.75) is 26.1 Å². The first-order valence-corrected chi connectivity index (χ1v) is 9.34. The van der Waals surface area contributed by atoms with E-state index in [1.165, 1.54) is 10.9 Å². The molecule has 0 N–H and O–H groups in total. The third-order valence-electron chi connectivity index (χ3n) is 4.65. The van der Waals surface area contributed by atoms with Crippen LogP contribution in [0.5, 0.6) is 0 Å². The van der Waals surface area contributed by atoms with Gasteiger partial charge < -0.3 is 9.30 Å². The van der Waals surface area contributed by atoms with E-state index in [-0.39, 0.29) is 31.1 Å². The standard InChI is InChI=1S/C22H20N4O3/c27-21(10-12-26-16-24-19-9-5-4-8-18(19)22(26)28)29-15-20-23-11-13-25(20)14-17-6-2-1-3-7-17/h1-9,11,13,16H,10,12,14-15H2. The first kappa shape index (κ1) is 18.6. The van der Waals surface area contributed by atoms with E-state index in [1.54, 1.807) is 24.4 Å². The van der Waals surface area contributed by atoms with Crippen LogP contribution in [0.3, 0.4) is 0 Å². The zero-order valence-electron chi connectivity index (χ0n) is 15.8. The maximum atomic E-state index is 12.5. The number of ether oxygens (including phenoxy) is 1. The number of benzene rings is 2. The van der Waals surface area contributed by atoms with Crippen LogP contribution in [0.4, 0.5) is 0 Å². The van der Waals surface area contributed by atoms with Crippen LogP contribution in [0.15, 0.2) is 78.1 Å². The molecule has 0 aliphatic carbocycles. The highest BCUT2D eigenvalue weighted by Gasteiger charge is 2.10. The maximum Gasteiger partial charge on any atom is 0.308 e. The number of aromatic nitrogens is 4. The lowest BCUT2D eigenvalue weighted by molar-refractivity contribution is -0.145. The molecular formula is C22H20N4O3. The highest BCUT2D eigenvalue weighted by Crippen LogP contribution is 2.08. The highest BCUT2D eigenvalue weighted by molar-refractivity contribution is 5.77. The van der Waals surface area contributed by atoms with Gasteiger partial charge in [0, 0.05) is 25.5 Å². The molecule has 0 atom stereocenters. The molecule has 2 heterocycles. The van der Waals surface area contributed by atoms with Crippen molar-refractivity contribution in [1.82, 2.24) is 19.1 Å². The van der Waals surface area contributed by atoms with Crippen LogP contribution < -0.4 is 5.56 Å². The lowest BCUT2D eigenvalue weighted by atomic mass is 10.2. The molecule has 4 rings (SSSR count). The van der Waals surface area contributed by atoms with Gasteiger partial charge in [0.05, 0.1) is 23.7 Å². The molecule has 0 bridgehead atoms. The van der Waals surface area contributed by atoms with Gasteiger partial charge in [0.25, 0.3) is 5.56 Å². The number of carbonyl (C=O) groups excluding carboxylic acids is 1. The Morgan fingerprint density at radius 2 is 1.76 bits per heavy atom. The predicted molar refractivity (Wildman–Crippen MR) is 108 cm³/mol. The van der Waals surface area contributed by atoms with Crippen LogP contribution in [0.1, 0.15) is 17.8 Å². The van der Waals surface area contributed by atoms with Gasteiger partial charge in [-0.3, -0.25) is 14.2 Å². The van der Waals surface area contributed by atoms with E-state index in [9.17, 15) is 9.59 Å². The number of rotatable bonds is 7. The van der Waals surface area contributed by atoms with E-state index in [0.717, 1.165) is 5.56 Å². The molecule has 0 spiro atoms. The SMILES string of the molecule is O=C(CCn1cnc2ccccc2c1=O)OCc1nccn1Cc1ccccc1. The molecule has 2 aromatic carbocycles. The fourth-order valence-corrected chi connectivity index (χ4v) is 3.10. The minimum atomic E-state index is -0.390. The summed E-state index contributed by atoms with van der Waals surface area (Å²) >= 11 is 0.